The van der Waals surface area contributed by atoms with Gasteiger partial charge in [-0.2, -0.15) is 40.6 Å². The first-order chi connectivity index (χ1) is 33.7. The quantitative estimate of drug-likeness (QED) is 0.0708. The number of benzene rings is 6. The molecule has 18 heteroatoms. The highest BCUT2D eigenvalue weighted by molar-refractivity contribution is 7.87. The van der Waals surface area contributed by atoms with Gasteiger partial charge in [-0.15, -0.1) is 5.11 Å². The summed E-state index contributed by atoms with van der Waals surface area (Å²) in [5.41, 5.74) is 3.83. The molecule has 0 amide bonds. The summed E-state index contributed by atoms with van der Waals surface area (Å²) in [6, 6.07) is 38.3. The van der Waals surface area contributed by atoms with E-state index in [1.165, 1.54) is 36.1 Å². The van der Waals surface area contributed by atoms with E-state index in [1.807, 2.05) is 69.3 Å². The maximum absolute atomic E-state index is 12.7. The molecule has 392 valence electrons. The van der Waals surface area contributed by atoms with Crippen LogP contribution < -0.4 is 5.32 Å². The number of nitrogens with zero attached hydrogens (tertiary/aromatic N) is 4. The van der Waals surface area contributed by atoms with Crippen LogP contribution in [0.25, 0.3) is 33.7 Å². The number of anilines is 1. The van der Waals surface area contributed by atoms with E-state index >= 15 is 0 Å². The molecule has 0 saturated carbocycles. The Morgan fingerprint density at radius 2 is 0.915 bits per heavy atom. The van der Waals surface area contributed by atoms with Gasteiger partial charge >= 0.3 is 0 Å². The lowest BCUT2D eigenvalue weighted by molar-refractivity contribution is 0.397. The summed E-state index contributed by atoms with van der Waals surface area (Å²) >= 11 is 0. The molecule has 2 N–H and O–H groups in total. The van der Waals surface area contributed by atoms with Crippen molar-refractivity contribution >= 4 is 86.8 Å². The standard InChI is InChI=1S/C28H27N5O4S.C10H8.3C3H8.2C2H6O3S.C2H6/c1-4-30-24-15-16-25-21(17-24)18-26(38(35,36)37-3)27(28(25)34)33-32-23-13-9-20(10-14-23)6-5-19-7-11-22(12-8-19)31-29-2;1-2-6-10-8-4-3-7-9(10)5-1;3*1-3-2;2*1-5-6(2,3)4;1-2/h5-18,30,34H,4H2,1-3H3;1-8H;3*3H2,1-2H3;2*1-2H3;1-2H3. The minimum Gasteiger partial charge on any atom is -0.505 e. The molecule has 0 aliphatic carbocycles. The van der Waals surface area contributed by atoms with Crippen molar-refractivity contribution in [1.82, 2.24) is 0 Å². The van der Waals surface area contributed by atoms with Crippen molar-refractivity contribution in [2.45, 2.75) is 86.5 Å². The molecule has 0 atom stereocenters. The highest BCUT2D eigenvalue weighted by Crippen LogP contribution is 2.42. The zero-order valence-electron chi connectivity index (χ0n) is 44.2. The second kappa shape index (κ2) is 37.9. The Bertz CT molecular complexity index is 2720. The SMILES string of the molecule is CC.CCC.CCC.CCC.CCNc1ccc2c(O)c(N=Nc3ccc(C=Cc4ccc(N=NC)cc4)cc3)c(S(=O)(=O)OC)cc2c1.COS(C)(=O)=O.COS(C)(=O)=O.c1ccc2ccccc2c1. The van der Waals surface area contributed by atoms with Crippen LogP contribution in [0.1, 0.15) is 92.7 Å². The number of phenols is 1. The van der Waals surface area contributed by atoms with Crippen molar-refractivity contribution in [3.05, 3.63) is 132 Å². The van der Waals surface area contributed by atoms with Crippen LogP contribution in [-0.4, -0.2) is 77.8 Å². The highest BCUT2D eigenvalue weighted by atomic mass is 32.2. The third-order valence-corrected chi connectivity index (χ3v) is 10.4. The number of phenolic OH excluding ortho intramolecular Hbond substituents is 1. The molecule has 15 nitrogen and oxygen atoms in total. The number of nitrogens with one attached hydrogen (secondary N) is 1. The lowest BCUT2D eigenvalue weighted by Gasteiger charge is -2.12. The second-order valence-corrected chi connectivity index (χ2v) is 19.5. The monoisotopic (exact) mass is 1040 g/mol. The van der Waals surface area contributed by atoms with Crippen molar-refractivity contribution in [2.24, 2.45) is 20.5 Å². The molecular formula is C53H77N5O10S3. The minimum atomic E-state index is -4.17. The van der Waals surface area contributed by atoms with Crippen LogP contribution >= 0.6 is 0 Å². The van der Waals surface area contributed by atoms with E-state index in [2.05, 4.69) is 124 Å². The van der Waals surface area contributed by atoms with E-state index in [0.717, 1.165) is 56.3 Å². The second-order valence-electron chi connectivity index (χ2n) is 14.4. The smallest absolute Gasteiger partial charge is 0.299 e. The molecule has 0 saturated heterocycles. The van der Waals surface area contributed by atoms with Crippen LogP contribution in [0, 0.1) is 0 Å². The number of fused-ring (bicyclic) bond motifs is 2. The third-order valence-electron chi connectivity index (χ3n) is 7.92. The fraction of sp³-hybridized carbons (Fsp3) is 0.358. The van der Waals surface area contributed by atoms with Crippen LogP contribution in [0.4, 0.5) is 22.7 Å². The fourth-order valence-corrected chi connectivity index (χ4v) is 5.72. The molecule has 0 aromatic heterocycles. The molecule has 0 spiro atoms. The molecule has 0 fully saturated rings. The molecule has 0 unspecified atom stereocenters. The lowest BCUT2D eigenvalue weighted by atomic mass is 10.1. The van der Waals surface area contributed by atoms with Crippen LogP contribution in [0.5, 0.6) is 5.75 Å². The summed E-state index contributed by atoms with van der Waals surface area (Å²) < 4.78 is 77.0. The number of aromatic hydroxyl groups is 1. The Kier molecular flexibility index (Phi) is 35.8. The van der Waals surface area contributed by atoms with Gasteiger partial charge in [0.05, 0.1) is 45.2 Å². The Morgan fingerprint density at radius 3 is 1.25 bits per heavy atom. The Morgan fingerprint density at radius 1 is 0.535 bits per heavy atom. The highest BCUT2D eigenvalue weighted by Gasteiger charge is 2.24. The number of azo groups is 2. The van der Waals surface area contributed by atoms with E-state index in [9.17, 15) is 30.4 Å². The van der Waals surface area contributed by atoms with Gasteiger partial charge in [-0.3, -0.25) is 12.5 Å². The Hall–Kier alpha value is -5.89. The maximum Gasteiger partial charge on any atom is 0.299 e. The average Bonchev–Trinajstić information content (AvgIpc) is 3.35. The van der Waals surface area contributed by atoms with Gasteiger partial charge in [0.15, 0.2) is 5.75 Å². The van der Waals surface area contributed by atoms with E-state index < -0.39 is 30.4 Å². The van der Waals surface area contributed by atoms with Crippen LogP contribution in [0.3, 0.4) is 0 Å². The minimum absolute atomic E-state index is 0.189. The molecule has 6 aromatic rings. The summed E-state index contributed by atoms with van der Waals surface area (Å²) in [6.07, 6.45) is 9.66. The first-order valence-electron chi connectivity index (χ1n) is 23.1. The zero-order chi connectivity index (χ0) is 54.5. The van der Waals surface area contributed by atoms with Crippen molar-refractivity contribution in [3.8, 4) is 5.75 Å². The van der Waals surface area contributed by atoms with Crippen molar-refractivity contribution < 1.29 is 42.9 Å². The summed E-state index contributed by atoms with van der Waals surface area (Å²) in [5, 5.41) is 33.7. The van der Waals surface area contributed by atoms with Gasteiger partial charge in [0, 0.05) is 24.7 Å². The number of hydrogen-bond donors (Lipinski definition) is 2. The van der Waals surface area contributed by atoms with Gasteiger partial charge in [0.2, 0.25) is 0 Å². The fourth-order valence-electron chi connectivity index (χ4n) is 4.90. The first-order valence-corrected chi connectivity index (χ1v) is 28.1. The Balaban J connectivity index is 0. The molecule has 0 heterocycles. The van der Waals surface area contributed by atoms with Crippen molar-refractivity contribution in [1.29, 1.82) is 0 Å². The number of rotatable bonds is 11. The largest absolute Gasteiger partial charge is 0.505 e. The Labute approximate surface area is 425 Å². The molecule has 6 rings (SSSR count). The molecule has 0 aliphatic rings. The van der Waals surface area contributed by atoms with Crippen LogP contribution in [0.2, 0.25) is 0 Å². The molecule has 0 radical (unpaired) electrons. The predicted molar refractivity (Wildman–Crippen MR) is 297 cm³/mol. The molecule has 0 bridgehead atoms. The topological polar surface area (TPSA) is 212 Å². The molecule has 0 aliphatic heterocycles. The van der Waals surface area contributed by atoms with Gasteiger partial charge in [0.25, 0.3) is 30.4 Å². The van der Waals surface area contributed by atoms with E-state index in [1.54, 1.807) is 37.4 Å². The molecular weight excluding hydrogens is 963 g/mol. The summed E-state index contributed by atoms with van der Waals surface area (Å²) in [6.45, 7) is 19.4. The van der Waals surface area contributed by atoms with Gasteiger partial charge < -0.3 is 10.4 Å². The van der Waals surface area contributed by atoms with Gasteiger partial charge in [-0.1, -0.05) is 160 Å². The van der Waals surface area contributed by atoms with E-state index in [-0.39, 0.29) is 16.3 Å². The molecule has 6 aromatic carbocycles. The van der Waals surface area contributed by atoms with Crippen LogP contribution in [0.15, 0.2) is 147 Å². The van der Waals surface area contributed by atoms with Crippen LogP contribution in [-0.2, 0) is 42.9 Å². The first kappa shape index (κ1) is 67.2. The van der Waals surface area contributed by atoms with E-state index in [0.29, 0.717) is 23.0 Å². The van der Waals surface area contributed by atoms with E-state index in [4.69, 9.17) is 4.18 Å². The maximum atomic E-state index is 12.7. The molecule has 71 heavy (non-hydrogen) atoms. The zero-order valence-corrected chi connectivity index (χ0v) is 46.6. The van der Waals surface area contributed by atoms with Crippen molar-refractivity contribution in [3.63, 3.8) is 0 Å². The summed E-state index contributed by atoms with van der Waals surface area (Å²) in [4.78, 5) is -0.270. The number of hydrogen-bond acceptors (Lipinski definition) is 15. The van der Waals surface area contributed by atoms with Gasteiger partial charge in [0.1, 0.15) is 10.6 Å². The lowest BCUT2D eigenvalue weighted by Crippen LogP contribution is -2.03. The average molecular weight is 1040 g/mol. The van der Waals surface area contributed by atoms with Gasteiger partial charge in [-0.25, -0.2) is 0 Å². The predicted octanol–water partition coefficient (Wildman–Crippen LogP) is 14.9. The normalized spacial score (nSPS) is 10.8. The van der Waals surface area contributed by atoms with Crippen molar-refractivity contribution in [2.75, 3.05) is 52.8 Å². The summed E-state index contributed by atoms with van der Waals surface area (Å²) in [7, 11) is -5.57. The van der Waals surface area contributed by atoms with Gasteiger partial charge in [-0.05, 0) is 82.7 Å². The third kappa shape index (κ3) is 29.1. The summed E-state index contributed by atoms with van der Waals surface area (Å²) in [5.74, 6) is -0.295.